The molecule has 0 aromatic heterocycles. The van der Waals surface area contributed by atoms with E-state index in [4.69, 9.17) is 15.2 Å². The third-order valence-electron chi connectivity index (χ3n) is 4.03. The van der Waals surface area contributed by atoms with Crippen molar-refractivity contribution in [1.82, 2.24) is 5.32 Å². The molecule has 7 nitrogen and oxygen atoms in total. The highest BCUT2D eigenvalue weighted by molar-refractivity contribution is 8.18. The van der Waals surface area contributed by atoms with Gasteiger partial charge in [0.15, 0.2) is 11.5 Å². The number of benzene rings is 1. The summed E-state index contributed by atoms with van der Waals surface area (Å²) >= 11 is 0.890. The number of methoxy groups -OCH3 is 2. The number of imide groups is 1. The quantitative estimate of drug-likeness (QED) is 0.797. The van der Waals surface area contributed by atoms with Crippen LogP contribution < -0.4 is 25.4 Å². The fourth-order valence-corrected chi connectivity index (χ4v) is 3.51. The lowest BCUT2D eigenvalue weighted by atomic mass is 10.1. The van der Waals surface area contributed by atoms with Crippen LogP contribution in [0.5, 0.6) is 11.5 Å². The Balaban J connectivity index is 2.06. The lowest BCUT2D eigenvalue weighted by Crippen LogP contribution is -2.26. The van der Waals surface area contributed by atoms with Crippen LogP contribution >= 0.6 is 11.8 Å². The van der Waals surface area contributed by atoms with Crippen molar-refractivity contribution in [2.75, 3.05) is 32.2 Å². The fraction of sp³-hybridized carbons (Fsp3) is 0.375. The van der Waals surface area contributed by atoms with Gasteiger partial charge >= 0.3 is 0 Å². The molecule has 1 unspecified atom stereocenters. The van der Waals surface area contributed by atoms with E-state index in [1.807, 2.05) is 12.1 Å². The molecule has 3 rings (SSSR count). The van der Waals surface area contributed by atoms with Crippen molar-refractivity contribution >= 4 is 34.7 Å². The van der Waals surface area contributed by atoms with Gasteiger partial charge < -0.3 is 20.1 Å². The summed E-state index contributed by atoms with van der Waals surface area (Å²) in [4.78, 5) is 25.7. The zero-order chi connectivity index (χ0) is 17.3. The van der Waals surface area contributed by atoms with Crippen molar-refractivity contribution < 1.29 is 19.1 Å². The zero-order valence-corrected chi connectivity index (χ0v) is 14.3. The Morgan fingerprint density at radius 3 is 2.54 bits per heavy atom. The maximum atomic E-state index is 11.8. The first-order valence-electron chi connectivity index (χ1n) is 7.53. The molecule has 8 heteroatoms. The van der Waals surface area contributed by atoms with Crippen molar-refractivity contribution in [3.05, 3.63) is 22.6 Å². The number of ether oxygens (including phenoxy) is 2. The van der Waals surface area contributed by atoms with E-state index in [1.54, 1.807) is 20.3 Å². The minimum absolute atomic E-state index is 0.115. The van der Waals surface area contributed by atoms with Gasteiger partial charge in [0.1, 0.15) is 0 Å². The molecule has 0 aliphatic carbocycles. The van der Waals surface area contributed by atoms with Crippen LogP contribution in [0.1, 0.15) is 12.0 Å². The number of hydrogen-bond acceptors (Lipinski definition) is 7. The summed E-state index contributed by atoms with van der Waals surface area (Å²) in [6.07, 6.45) is 2.60. The SMILES string of the molecule is COc1cc(C=C2SC(=O)NC2=O)c(N2CCC(N)C2)cc1OC. The maximum absolute atomic E-state index is 11.8. The van der Waals surface area contributed by atoms with Crippen molar-refractivity contribution in [1.29, 1.82) is 0 Å². The van der Waals surface area contributed by atoms with Gasteiger partial charge in [0.25, 0.3) is 11.1 Å². The lowest BCUT2D eigenvalue weighted by molar-refractivity contribution is -0.115. The van der Waals surface area contributed by atoms with Gasteiger partial charge in [-0.2, -0.15) is 0 Å². The summed E-state index contributed by atoms with van der Waals surface area (Å²) in [5.74, 6) is 0.782. The van der Waals surface area contributed by atoms with Crippen LogP contribution in [0.2, 0.25) is 0 Å². The summed E-state index contributed by atoms with van der Waals surface area (Å²) in [5, 5.41) is 1.90. The van der Waals surface area contributed by atoms with Crippen LogP contribution in [0.25, 0.3) is 6.08 Å². The number of amides is 2. The Morgan fingerprint density at radius 1 is 1.29 bits per heavy atom. The minimum atomic E-state index is -0.385. The lowest BCUT2D eigenvalue weighted by Gasteiger charge is -2.22. The van der Waals surface area contributed by atoms with E-state index in [0.29, 0.717) is 16.4 Å². The highest BCUT2D eigenvalue weighted by Gasteiger charge is 2.27. The number of carbonyl (C=O) groups excluding carboxylic acids is 2. The molecule has 128 valence electrons. The molecule has 2 heterocycles. The van der Waals surface area contributed by atoms with Crippen LogP contribution in [-0.2, 0) is 4.79 Å². The first-order valence-corrected chi connectivity index (χ1v) is 8.35. The minimum Gasteiger partial charge on any atom is -0.493 e. The molecule has 2 aliphatic heterocycles. The van der Waals surface area contributed by atoms with Gasteiger partial charge in [0.2, 0.25) is 0 Å². The van der Waals surface area contributed by atoms with Crippen molar-refractivity contribution in [3.63, 3.8) is 0 Å². The topological polar surface area (TPSA) is 93.9 Å². The summed E-state index contributed by atoms with van der Waals surface area (Å²) in [7, 11) is 3.13. The average molecular weight is 349 g/mol. The molecule has 0 bridgehead atoms. The molecule has 2 saturated heterocycles. The van der Waals surface area contributed by atoms with Crippen LogP contribution in [0.3, 0.4) is 0 Å². The van der Waals surface area contributed by atoms with E-state index in [2.05, 4.69) is 10.2 Å². The third kappa shape index (κ3) is 3.20. The van der Waals surface area contributed by atoms with Gasteiger partial charge in [0, 0.05) is 36.4 Å². The van der Waals surface area contributed by atoms with Gasteiger partial charge in [0.05, 0.1) is 19.1 Å². The van der Waals surface area contributed by atoms with E-state index >= 15 is 0 Å². The number of nitrogens with zero attached hydrogens (tertiary/aromatic N) is 1. The fourth-order valence-electron chi connectivity index (χ4n) is 2.84. The van der Waals surface area contributed by atoms with Gasteiger partial charge in [-0.3, -0.25) is 14.9 Å². The van der Waals surface area contributed by atoms with Crippen molar-refractivity contribution in [2.45, 2.75) is 12.5 Å². The standard InChI is InChI=1S/C16H19N3O4S/c1-22-12-5-9(6-14-15(20)18-16(21)24-14)11(7-13(12)23-2)19-4-3-10(17)8-19/h5-7,10H,3-4,8,17H2,1-2H3,(H,18,20,21). The van der Waals surface area contributed by atoms with Gasteiger partial charge in [-0.1, -0.05) is 0 Å². The molecule has 2 aliphatic rings. The molecule has 2 amide bonds. The number of carbonyl (C=O) groups is 2. The number of hydrogen-bond donors (Lipinski definition) is 2. The summed E-state index contributed by atoms with van der Waals surface area (Å²) in [6.45, 7) is 1.55. The van der Waals surface area contributed by atoms with Crippen LogP contribution in [0, 0.1) is 0 Å². The van der Waals surface area contributed by atoms with Crippen LogP contribution in [-0.4, -0.2) is 44.5 Å². The van der Waals surface area contributed by atoms with Gasteiger partial charge in [-0.05, 0) is 30.3 Å². The molecule has 1 atom stereocenters. The number of rotatable bonds is 4. The third-order valence-corrected chi connectivity index (χ3v) is 4.84. The van der Waals surface area contributed by atoms with E-state index in [0.717, 1.165) is 42.5 Å². The van der Waals surface area contributed by atoms with E-state index in [9.17, 15) is 9.59 Å². The number of nitrogens with one attached hydrogen (secondary N) is 1. The normalized spacial score (nSPS) is 22.2. The summed E-state index contributed by atoms with van der Waals surface area (Å²) < 4.78 is 10.7. The molecule has 3 N–H and O–H groups in total. The second-order valence-electron chi connectivity index (χ2n) is 5.61. The predicted octanol–water partition coefficient (Wildman–Crippen LogP) is 1.57. The smallest absolute Gasteiger partial charge is 0.290 e. The molecule has 0 radical (unpaired) electrons. The first-order chi connectivity index (χ1) is 11.5. The Hall–Kier alpha value is -2.19. The number of thioether (sulfide) groups is 1. The zero-order valence-electron chi connectivity index (χ0n) is 13.5. The Kier molecular flexibility index (Phi) is 4.68. The van der Waals surface area contributed by atoms with E-state index in [1.165, 1.54) is 0 Å². The monoisotopic (exact) mass is 349 g/mol. The largest absolute Gasteiger partial charge is 0.493 e. The molecule has 24 heavy (non-hydrogen) atoms. The second-order valence-corrected chi connectivity index (χ2v) is 6.63. The van der Waals surface area contributed by atoms with Crippen molar-refractivity contribution in [2.24, 2.45) is 5.73 Å². The van der Waals surface area contributed by atoms with Crippen LogP contribution in [0.4, 0.5) is 10.5 Å². The first kappa shape index (κ1) is 16.7. The Labute approximate surface area is 144 Å². The maximum Gasteiger partial charge on any atom is 0.290 e. The molecule has 0 saturated carbocycles. The Bertz CT molecular complexity index is 720. The Morgan fingerprint density at radius 2 is 2.00 bits per heavy atom. The average Bonchev–Trinajstić information content (AvgIpc) is 3.12. The highest BCUT2D eigenvalue weighted by atomic mass is 32.2. The van der Waals surface area contributed by atoms with E-state index < -0.39 is 0 Å². The molecule has 1 aromatic carbocycles. The number of anilines is 1. The van der Waals surface area contributed by atoms with Crippen molar-refractivity contribution in [3.8, 4) is 11.5 Å². The molecule has 1 aromatic rings. The summed E-state index contributed by atoms with van der Waals surface area (Å²) in [6, 6.07) is 3.80. The second kappa shape index (κ2) is 6.74. The van der Waals surface area contributed by atoms with Gasteiger partial charge in [-0.15, -0.1) is 0 Å². The molecule has 0 spiro atoms. The van der Waals surface area contributed by atoms with E-state index in [-0.39, 0.29) is 17.2 Å². The van der Waals surface area contributed by atoms with Gasteiger partial charge in [-0.25, -0.2) is 0 Å². The van der Waals surface area contributed by atoms with Crippen LogP contribution in [0.15, 0.2) is 17.0 Å². The highest BCUT2D eigenvalue weighted by Crippen LogP contribution is 2.38. The molecular formula is C16H19N3O4S. The summed E-state index contributed by atoms with van der Waals surface area (Å²) in [5.41, 5.74) is 7.71. The number of nitrogens with two attached hydrogens (primary N) is 1. The molecular weight excluding hydrogens is 330 g/mol. The predicted molar refractivity (Wildman–Crippen MR) is 93.5 cm³/mol. The molecule has 2 fully saturated rings.